The Kier molecular flexibility index (Phi) is 5.58. The molecule has 0 fully saturated rings. The van der Waals surface area contributed by atoms with E-state index in [9.17, 15) is 26.3 Å². The Balaban J connectivity index is 4.34. The van der Waals surface area contributed by atoms with Gasteiger partial charge in [0.05, 0.1) is 5.92 Å². The van der Waals surface area contributed by atoms with E-state index in [0.717, 1.165) is 0 Å². The molecule has 0 aromatic carbocycles. The van der Waals surface area contributed by atoms with Crippen molar-refractivity contribution in [2.24, 2.45) is 5.92 Å². The molecule has 0 heterocycles. The summed E-state index contributed by atoms with van der Waals surface area (Å²) in [7, 11) is 1.47. The van der Waals surface area contributed by atoms with Crippen molar-refractivity contribution in [3.63, 3.8) is 0 Å². The van der Waals surface area contributed by atoms with Gasteiger partial charge in [-0.15, -0.1) is 0 Å². The molecule has 0 bridgehead atoms. The third-order valence-electron chi connectivity index (χ3n) is 2.37. The summed E-state index contributed by atoms with van der Waals surface area (Å²) in [5.41, 5.74) is 0. The van der Waals surface area contributed by atoms with Crippen LogP contribution in [0.25, 0.3) is 0 Å². The molecule has 0 spiro atoms. The van der Waals surface area contributed by atoms with Gasteiger partial charge in [0.15, 0.2) is 0 Å². The van der Waals surface area contributed by atoms with Crippen molar-refractivity contribution in [2.75, 3.05) is 7.05 Å². The van der Waals surface area contributed by atoms with Crippen LogP contribution >= 0.6 is 0 Å². The zero-order valence-corrected chi connectivity index (χ0v) is 9.04. The molecular weight excluding hydrogens is 236 g/mol. The highest BCUT2D eigenvalue weighted by molar-refractivity contribution is 4.74. The molecule has 0 saturated carbocycles. The zero-order valence-electron chi connectivity index (χ0n) is 9.04. The molecule has 0 aromatic heterocycles. The first-order valence-corrected chi connectivity index (χ1v) is 4.87. The molecule has 98 valence electrons. The molecule has 0 radical (unpaired) electrons. The Morgan fingerprint density at radius 2 is 1.56 bits per heavy atom. The second-order valence-corrected chi connectivity index (χ2v) is 3.82. The fourth-order valence-electron chi connectivity index (χ4n) is 1.30. The predicted molar refractivity (Wildman–Crippen MR) is 48.0 cm³/mol. The topological polar surface area (TPSA) is 12.0 Å². The van der Waals surface area contributed by atoms with Gasteiger partial charge in [-0.3, -0.25) is 0 Å². The molecule has 1 nitrogen and oxygen atoms in total. The summed E-state index contributed by atoms with van der Waals surface area (Å²) in [4.78, 5) is 0. The van der Waals surface area contributed by atoms with Crippen LogP contribution in [-0.4, -0.2) is 25.4 Å². The predicted octanol–water partition coefficient (Wildman–Crippen LogP) is 3.51. The minimum atomic E-state index is -4.57. The van der Waals surface area contributed by atoms with E-state index in [1.54, 1.807) is 0 Å². The number of hydrogen-bond acceptors (Lipinski definition) is 1. The van der Waals surface area contributed by atoms with Gasteiger partial charge in [-0.2, -0.15) is 26.3 Å². The highest BCUT2D eigenvalue weighted by Crippen LogP contribution is 2.36. The molecule has 0 rings (SSSR count). The first kappa shape index (κ1) is 15.5. The third-order valence-corrected chi connectivity index (χ3v) is 2.37. The monoisotopic (exact) mass is 251 g/mol. The first-order chi connectivity index (χ1) is 7.06. The second kappa shape index (κ2) is 5.75. The van der Waals surface area contributed by atoms with Crippen molar-refractivity contribution in [2.45, 2.75) is 44.6 Å². The van der Waals surface area contributed by atoms with E-state index in [2.05, 4.69) is 5.32 Å². The quantitative estimate of drug-likeness (QED) is 0.737. The van der Waals surface area contributed by atoms with Gasteiger partial charge in [0, 0.05) is 12.5 Å². The van der Waals surface area contributed by atoms with E-state index in [1.807, 2.05) is 0 Å². The molecule has 0 aliphatic carbocycles. The van der Waals surface area contributed by atoms with Crippen LogP contribution in [0, 0.1) is 5.92 Å². The first-order valence-electron chi connectivity index (χ1n) is 4.87. The molecule has 7 heteroatoms. The molecule has 2 unspecified atom stereocenters. The Morgan fingerprint density at radius 3 is 1.88 bits per heavy atom. The van der Waals surface area contributed by atoms with Gasteiger partial charge in [-0.1, -0.05) is 0 Å². The van der Waals surface area contributed by atoms with E-state index in [0.29, 0.717) is 0 Å². The standard InChI is InChI=1S/C9H15F6N/c1-6(16-2)5-7(9(13,14)15)3-4-8(10,11)12/h6-7,16H,3-5H2,1-2H3. The van der Waals surface area contributed by atoms with Gasteiger partial charge in [0.25, 0.3) is 0 Å². The maximum absolute atomic E-state index is 12.4. The van der Waals surface area contributed by atoms with Crippen LogP contribution in [0.1, 0.15) is 26.2 Å². The zero-order chi connectivity index (χ0) is 13.0. The van der Waals surface area contributed by atoms with E-state index >= 15 is 0 Å². The normalized spacial score (nSPS) is 17.2. The highest BCUT2D eigenvalue weighted by Gasteiger charge is 2.42. The largest absolute Gasteiger partial charge is 0.391 e. The SMILES string of the molecule is CNC(C)CC(CCC(F)(F)F)C(F)(F)F. The molecule has 0 aromatic rings. The Hall–Kier alpha value is -0.460. The van der Waals surface area contributed by atoms with Crippen LogP contribution in [0.4, 0.5) is 26.3 Å². The molecular formula is C9H15F6N. The van der Waals surface area contributed by atoms with Crippen molar-refractivity contribution in [3.8, 4) is 0 Å². The van der Waals surface area contributed by atoms with Gasteiger partial charge in [0.1, 0.15) is 0 Å². The smallest absolute Gasteiger partial charge is 0.317 e. The highest BCUT2D eigenvalue weighted by atomic mass is 19.4. The number of alkyl halides is 6. The Morgan fingerprint density at radius 1 is 1.06 bits per heavy atom. The van der Waals surface area contributed by atoms with Gasteiger partial charge in [-0.25, -0.2) is 0 Å². The van der Waals surface area contributed by atoms with E-state index in [1.165, 1.54) is 14.0 Å². The second-order valence-electron chi connectivity index (χ2n) is 3.82. The summed E-state index contributed by atoms with van der Waals surface area (Å²) < 4.78 is 72.7. The summed E-state index contributed by atoms with van der Waals surface area (Å²) in [5.74, 6) is -1.91. The minimum Gasteiger partial charge on any atom is -0.317 e. The summed E-state index contributed by atoms with van der Waals surface area (Å²) in [6.45, 7) is 1.51. The Bertz CT molecular complexity index is 197. The van der Waals surface area contributed by atoms with Crippen molar-refractivity contribution >= 4 is 0 Å². The van der Waals surface area contributed by atoms with Crippen LogP contribution in [0.3, 0.4) is 0 Å². The average molecular weight is 251 g/mol. The molecule has 2 atom stereocenters. The number of rotatable bonds is 5. The van der Waals surface area contributed by atoms with Crippen molar-refractivity contribution in [1.29, 1.82) is 0 Å². The number of hydrogen-bond donors (Lipinski definition) is 1. The molecule has 0 aliphatic heterocycles. The lowest BCUT2D eigenvalue weighted by molar-refractivity contribution is -0.192. The molecule has 0 saturated heterocycles. The lowest BCUT2D eigenvalue weighted by Gasteiger charge is -2.23. The van der Waals surface area contributed by atoms with E-state index < -0.39 is 37.2 Å². The maximum Gasteiger partial charge on any atom is 0.391 e. The molecule has 0 amide bonds. The fourth-order valence-corrected chi connectivity index (χ4v) is 1.30. The van der Waals surface area contributed by atoms with Gasteiger partial charge < -0.3 is 5.32 Å². The molecule has 0 aliphatic rings. The Labute approximate surface area is 90.2 Å². The van der Waals surface area contributed by atoms with Crippen molar-refractivity contribution in [3.05, 3.63) is 0 Å². The van der Waals surface area contributed by atoms with Gasteiger partial charge >= 0.3 is 12.4 Å². The minimum absolute atomic E-state index is 0.337. The summed E-state index contributed by atoms with van der Waals surface area (Å²) in [6.07, 6.45) is -11.7. The summed E-state index contributed by atoms with van der Waals surface area (Å²) in [6, 6.07) is -0.458. The van der Waals surface area contributed by atoms with Gasteiger partial charge in [0.2, 0.25) is 0 Å². The van der Waals surface area contributed by atoms with E-state index in [4.69, 9.17) is 0 Å². The summed E-state index contributed by atoms with van der Waals surface area (Å²) >= 11 is 0. The average Bonchev–Trinajstić information content (AvgIpc) is 2.08. The van der Waals surface area contributed by atoms with Crippen LogP contribution in [0.15, 0.2) is 0 Å². The maximum atomic E-state index is 12.4. The van der Waals surface area contributed by atoms with Crippen LogP contribution < -0.4 is 5.32 Å². The summed E-state index contributed by atoms with van der Waals surface area (Å²) in [5, 5.41) is 2.58. The lowest BCUT2D eigenvalue weighted by atomic mass is 9.95. The lowest BCUT2D eigenvalue weighted by Crippen LogP contribution is -2.32. The van der Waals surface area contributed by atoms with Crippen LogP contribution in [0.2, 0.25) is 0 Å². The van der Waals surface area contributed by atoms with E-state index in [-0.39, 0.29) is 6.42 Å². The van der Waals surface area contributed by atoms with Gasteiger partial charge in [-0.05, 0) is 26.8 Å². The fraction of sp³-hybridized carbons (Fsp3) is 1.00. The van der Waals surface area contributed by atoms with Crippen LogP contribution in [0.5, 0.6) is 0 Å². The molecule has 1 N–H and O–H groups in total. The number of halogens is 6. The third kappa shape index (κ3) is 6.92. The number of nitrogens with one attached hydrogen (secondary N) is 1. The molecule has 16 heavy (non-hydrogen) atoms. The van der Waals surface area contributed by atoms with Crippen molar-refractivity contribution in [1.82, 2.24) is 5.32 Å². The van der Waals surface area contributed by atoms with Crippen LogP contribution in [-0.2, 0) is 0 Å². The van der Waals surface area contributed by atoms with Crippen molar-refractivity contribution < 1.29 is 26.3 Å².